The number of carbonyl (C=O) groups excluding carboxylic acids is 1. The summed E-state index contributed by atoms with van der Waals surface area (Å²) < 4.78 is 30.1. The maximum absolute atomic E-state index is 13.7. The molecule has 224 valence electrons. The first kappa shape index (κ1) is 30.0. The molecule has 0 saturated carbocycles. The molecule has 0 aliphatic carbocycles. The molecule has 2 unspecified atom stereocenters. The van der Waals surface area contributed by atoms with Crippen LogP contribution in [0, 0.1) is 11.3 Å². The Morgan fingerprint density at radius 2 is 2.05 bits per heavy atom. The summed E-state index contributed by atoms with van der Waals surface area (Å²) in [5.41, 5.74) is 1.66. The first-order valence-electron chi connectivity index (χ1n) is 13.6. The van der Waals surface area contributed by atoms with Gasteiger partial charge in [-0.1, -0.05) is 24.9 Å². The fourth-order valence-electron chi connectivity index (χ4n) is 5.26. The van der Waals surface area contributed by atoms with Gasteiger partial charge in [-0.05, 0) is 37.1 Å². The van der Waals surface area contributed by atoms with Crippen molar-refractivity contribution < 1.29 is 18.7 Å². The van der Waals surface area contributed by atoms with Crippen LogP contribution in [0.2, 0.25) is 5.02 Å². The number of pyridine rings is 1. The number of alkyl halides is 2. The monoisotopic (exact) mass is 610 g/mol. The minimum Gasteiger partial charge on any atom is -0.394 e. The molecule has 3 aromatic heterocycles. The molecule has 1 aliphatic rings. The molecule has 1 aromatic carbocycles. The number of aromatic nitrogens is 5. The smallest absolute Gasteiger partial charge is 0.313 e. The summed E-state index contributed by atoms with van der Waals surface area (Å²) >= 11 is 6.36. The van der Waals surface area contributed by atoms with Crippen LogP contribution in [-0.4, -0.2) is 54.7 Å². The third-order valence-electron chi connectivity index (χ3n) is 7.36. The van der Waals surface area contributed by atoms with Gasteiger partial charge in [0.25, 0.3) is 5.56 Å². The number of aliphatic hydroxyl groups is 1. The molecular formula is C29H29ClF2N8O3. The Hall–Kier alpha value is -4.49. The molecule has 1 amide bonds. The van der Waals surface area contributed by atoms with Gasteiger partial charge in [0.2, 0.25) is 5.91 Å². The van der Waals surface area contributed by atoms with E-state index in [1.165, 1.54) is 29.2 Å². The van der Waals surface area contributed by atoms with Crippen molar-refractivity contribution in [1.29, 1.82) is 5.41 Å². The van der Waals surface area contributed by atoms with Crippen molar-refractivity contribution in [3.05, 3.63) is 81.4 Å². The fourth-order valence-corrected chi connectivity index (χ4v) is 5.49. The molecule has 0 saturated heterocycles. The van der Waals surface area contributed by atoms with Gasteiger partial charge in [-0.15, -0.1) is 0 Å². The highest BCUT2D eigenvalue weighted by Crippen LogP contribution is 2.32. The van der Waals surface area contributed by atoms with E-state index in [2.05, 4.69) is 20.4 Å². The summed E-state index contributed by atoms with van der Waals surface area (Å²) in [6, 6.07) is 7.23. The molecule has 2 atom stereocenters. The Kier molecular flexibility index (Phi) is 8.92. The van der Waals surface area contributed by atoms with Gasteiger partial charge in [0.15, 0.2) is 0 Å². The number of nitrogens with one attached hydrogen (secondary N) is 3. The zero-order valence-electron chi connectivity index (χ0n) is 23.1. The molecule has 0 fully saturated rings. The molecule has 11 nitrogen and oxygen atoms in total. The SMILES string of the molecule is CC1CCCC(n2cnc(-c3cc(Cl)cc4cnn(CCO)c34)cc2=O)c2cc(ccn2)/C(NC(F)F)=C(/C=N)NC1=O. The number of allylic oxidation sites excluding steroid dienone is 1. The maximum Gasteiger partial charge on any atom is 0.313 e. The number of hydrogen-bond acceptors (Lipinski definition) is 8. The largest absolute Gasteiger partial charge is 0.394 e. The summed E-state index contributed by atoms with van der Waals surface area (Å²) in [6.45, 7) is -1.14. The topological polar surface area (TPSA) is 151 Å². The van der Waals surface area contributed by atoms with Crippen LogP contribution < -0.4 is 16.2 Å². The van der Waals surface area contributed by atoms with E-state index in [0.29, 0.717) is 46.8 Å². The standard InChI is InChI=1S/C29H29ClF2N8O3/c1-16-3-2-4-24(22-10-17(5-6-34-22)26(38-29(31)32)23(13-33)37-28(16)43)39-15-35-21(12-25(39)42)20-11-19(30)9-18-14-36-40(7-8-41)27(18)20/h5-6,9-16,24,29,33,38,41H,2-4,7-8H2,1H3,(H,37,43)/b26-23+,33-13?. The second-order valence-electron chi connectivity index (χ2n) is 10.2. The number of amides is 1. The lowest BCUT2D eigenvalue weighted by atomic mass is 9.96. The van der Waals surface area contributed by atoms with Gasteiger partial charge in [-0.2, -0.15) is 13.9 Å². The molecule has 4 N–H and O–H groups in total. The van der Waals surface area contributed by atoms with Crippen LogP contribution in [0.25, 0.3) is 27.9 Å². The van der Waals surface area contributed by atoms with Gasteiger partial charge >= 0.3 is 6.55 Å². The molecule has 43 heavy (non-hydrogen) atoms. The normalized spacial score (nSPS) is 19.5. The number of nitrogens with zero attached hydrogens (tertiary/aromatic N) is 5. The van der Waals surface area contributed by atoms with E-state index in [9.17, 15) is 23.5 Å². The van der Waals surface area contributed by atoms with E-state index in [-0.39, 0.29) is 35.7 Å². The van der Waals surface area contributed by atoms with Crippen molar-refractivity contribution in [2.24, 2.45) is 5.92 Å². The summed E-state index contributed by atoms with van der Waals surface area (Å²) in [6.07, 6.45) is 6.68. The number of halogens is 3. The van der Waals surface area contributed by atoms with E-state index < -0.39 is 24.4 Å². The Morgan fingerprint density at radius 3 is 2.77 bits per heavy atom. The quantitative estimate of drug-likeness (QED) is 0.183. The Labute approximate surface area is 249 Å². The summed E-state index contributed by atoms with van der Waals surface area (Å²) in [5.74, 6) is -0.893. The second-order valence-corrected chi connectivity index (χ2v) is 10.6. The highest BCUT2D eigenvalue weighted by Gasteiger charge is 2.24. The molecule has 1 aliphatic heterocycles. The minimum absolute atomic E-state index is 0.108. The van der Waals surface area contributed by atoms with E-state index in [1.54, 1.807) is 36.0 Å². The molecule has 2 bridgehead atoms. The Balaban J connectivity index is 1.62. The van der Waals surface area contributed by atoms with E-state index in [1.807, 2.05) is 5.32 Å². The molecule has 4 heterocycles. The third kappa shape index (κ3) is 6.32. The van der Waals surface area contributed by atoms with Crippen molar-refractivity contribution in [2.75, 3.05) is 6.61 Å². The Morgan fingerprint density at radius 1 is 1.23 bits per heavy atom. The van der Waals surface area contributed by atoms with Gasteiger partial charge in [0.05, 0.1) is 60.0 Å². The predicted octanol–water partition coefficient (Wildman–Crippen LogP) is 3.96. The Bertz CT molecular complexity index is 1770. The van der Waals surface area contributed by atoms with Crippen molar-refractivity contribution in [2.45, 2.75) is 45.3 Å². The number of aliphatic hydroxyl groups excluding tert-OH is 1. The average molecular weight is 611 g/mol. The number of carbonyl (C=O) groups is 1. The fraction of sp³-hybridized carbons (Fsp3) is 0.310. The number of hydrogen-bond donors (Lipinski definition) is 4. The minimum atomic E-state index is -2.97. The highest BCUT2D eigenvalue weighted by molar-refractivity contribution is 6.31. The van der Waals surface area contributed by atoms with Crippen LogP contribution in [0.5, 0.6) is 0 Å². The van der Waals surface area contributed by atoms with Gasteiger partial charge in [-0.25, -0.2) is 4.98 Å². The zero-order chi connectivity index (χ0) is 30.7. The zero-order valence-corrected chi connectivity index (χ0v) is 23.9. The van der Waals surface area contributed by atoms with Crippen LogP contribution >= 0.6 is 11.6 Å². The van der Waals surface area contributed by atoms with Crippen molar-refractivity contribution in [3.63, 3.8) is 0 Å². The lowest BCUT2D eigenvalue weighted by molar-refractivity contribution is -0.123. The highest BCUT2D eigenvalue weighted by atomic mass is 35.5. The van der Waals surface area contributed by atoms with E-state index >= 15 is 0 Å². The molecular weight excluding hydrogens is 582 g/mol. The van der Waals surface area contributed by atoms with Gasteiger partial charge in [0, 0.05) is 45.9 Å². The molecule has 0 radical (unpaired) electrons. The van der Waals surface area contributed by atoms with Gasteiger partial charge < -0.3 is 21.1 Å². The van der Waals surface area contributed by atoms with Crippen LogP contribution in [0.4, 0.5) is 8.78 Å². The number of rotatable bonds is 7. The molecule has 14 heteroatoms. The summed E-state index contributed by atoms with van der Waals surface area (Å²) in [7, 11) is 0. The van der Waals surface area contributed by atoms with E-state index in [0.717, 1.165) is 11.6 Å². The summed E-state index contributed by atoms with van der Waals surface area (Å²) in [5, 5.41) is 27.4. The lowest BCUT2D eigenvalue weighted by Crippen LogP contribution is -2.33. The predicted molar refractivity (Wildman–Crippen MR) is 158 cm³/mol. The number of fused-ring (bicyclic) bond motifs is 3. The van der Waals surface area contributed by atoms with Gasteiger partial charge in [-0.3, -0.25) is 23.8 Å². The lowest BCUT2D eigenvalue weighted by Gasteiger charge is -2.23. The second kappa shape index (κ2) is 12.8. The maximum atomic E-state index is 13.7. The van der Waals surface area contributed by atoms with Crippen molar-refractivity contribution in [3.8, 4) is 11.3 Å². The van der Waals surface area contributed by atoms with Crippen LogP contribution in [0.3, 0.4) is 0 Å². The molecule has 0 spiro atoms. The van der Waals surface area contributed by atoms with Gasteiger partial charge in [0.1, 0.15) is 0 Å². The summed E-state index contributed by atoms with van der Waals surface area (Å²) in [4.78, 5) is 35.5. The van der Waals surface area contributed by atoms with Crippen molar-refractivity contribution in [1.82, 2.24) is 34.9 Å². The average Bonchev–Trinajstić information content (AvgIpc) is 3.38. The third-order valence-corrected chi connectivity index (χ3v) is 7.57. The van der Waals surface area contributed by atoms with Crippen LogP contribution in [0.15, 0.2) is 59.5 Å². The first-order valence-corrected chi connectivity index (χ1v) is 14.0. The van der Waals surface area contributed by atoms with Crippen LogP contribution in [-0.2, 0) is 11.3 Å². The first-order chi connectivity index (χ1) is 20.7. The van der Waals surface area contributed by atoms with E-state index in [4.69, 9.17) is 17.0 Å². The molecule has 4 aromatic rings. The van der Waals surface area contributed by atoms with Crippen LogP contribution in [0.1, 0.15) is 43.5 Å². The number of benzene rings is 1. The van der Waals surface area contributed by atoms with Crippen molar-refractivity contribution >= 4 is 40.3 Å². The molecule has 5 rings (SSSR count).